The molecule has 0 nitrogen and oxygen atoms in total. The lowest BCUT2D eigenvalue weighted by atomic mass is 9.69. The van der Waals surface area contributed by atoms with E-state index < -0.39 is 0 Å². The minimum absolute atomic E-state index is 0.262. The van der Waals surface area contributed by atoms with Gasteiger partial charge < -0.3 is 0 Å². The lowest BCUT2D eigenvalue weighted by Gasteiger charge is -2.32. The van der Waals surface area contributed by atoms with Gasteiger partial charge >= 0.3 is 0 Å². The number of fused-ring (bicyclic) bond motifs is 13. The van der Waals surface area contributed by atoms with Gasteiger partial charge in [0.05, 0.1) is 5.41 Å². The van der Waals surface area contributed by atoms with Crippen molar-refractivity contribution in [2.75, 3.05) is 0 Å². The summed E-state index contributed by atoms with van der Waals surface area (Å²) >= 11 is 1.91. The summed E-state index contributed by atoms with van der Waals surface area (Å²) in [6.07, 6.45) is 1.03. The molecule has 1 atom stereocenters. The Kier molecular flexibility index (Phi) is 3.56. The quantitative estimate of drug-likeness (QED) is 0.234. The average Bonchev–Trinajstić information content (AvgIpc) is 3.51. The maximum atomic E-state index is 2.53. The minimum Gasteiger partial charge on any atom is -0.135 e. The van der Waals surface area contributed by atoms with E-state index in [0.717, 1.165) is 6.42 Å². The van der Waals surface area contributed by atoms with Crippen LogP contribution in [0.3, 0.4) is 0 Å². The Hall–Kier alpha value is -3.68. The topological polar surface area (TPSA) is 0 Å². The molecule has 160 valence electrons. The van der Waals surface area contributed by atoms with E-state index >= 15 is 0 Å². The van der Waals surface area contributed by atoms with Gasteiger partial charge in [0.2, 0.25) is 0 Å². The third-order valence-corrected chi connectivity index (χ3v) is 9.20. The zero-order valence-corrected chi connectivity index (χ0v) is 19.7. The molecule has 8 rings (SSSR count). The Balaban J connectivity index is 1.62. The molecular formula is C33H22S. The fourth-order valence-electron chi connectivity index (χ4n) is 6.80. The van der Waals surface area contributed by atoms with Gasteiger partial charge in [-0.05, 0) is 74.7 Å². The second kappa shape index (κ2) is 6.46. The predicted molar refractivity (Wildman–Crippen MR) is 145 cm³/mol. The Morgan fingerprint density at radius 3 is 2.03 bits per heavy atom. The highest BCUT2D eigenvalue weighted by molar-refractivity contribution is 7.25. The molecule has 0 bridgehead atoms. The zero-order valence-electron chi connectivity index (χ0n) is 18.9. The highest BCUT2D eigenvalue weighted by atomic mass is 32.1. The summed E-state index contributed by atoms with van der Waals surface area (Å²) in [4.78, 5) is 0. The molecule has 0 saturated carbocycles. The van der Waals surface area contributed by atoms with Gasteiger partial charge in [0.25, 0.3) is 0 Å². The summed E-state index contributed by atoms with van der Waals surface area (Å²) < 4.78 is 2.74. The van der Waals surface area contributed by atoms with Crippen molar-refractivity contribution in [2.24, 2.45) is 0 Å². The van der Waals surface area contributed by atoms with Crippen LogP contribution in [-0.4, -0.2) is 0 Å². The fraction of sp³-hybridized carbons (Fsp3) is 0.0909. The Bertz CT molecular complexity index is 1800. The first kappa shape index (κ1) is 18.7. The van der Waals surface area contributed by atoms with E-state index in [1.807, 2.05) is 11.3 Å². The number of rotatable bonds is 1. The summed E-state index contributed by atoms with van der Waals surface area (Å²) in [6.45, 7) is 2.30. The molecule has 0 N–H and O–H groups in total. The van der Waals surface area contributed by atoms with Gasteiger partial charge in [0.1, 0.15) is 0 Å². The van der Waals surface area contributed by atoms with E-state index in [1.165, 1.54) is 70.2 Å². The van der Waals surface area contributed by atoms with Crippen LogP contribution in [0.25, 0.3) is 42.4 Å². The third kappa shape index (κ3) is 2.06. The number of benzene rings is 5. The standard InChI is InChI=1S/C33H22S/c1-2-20-10-9-14-24-21-11-3-6-15-27(21)33(32(20)24)28-16-7-4-12-22(28)25-19-31-26(18-29(25)33)23-13-5-8-17-30(23)34-31/h3-19H,2H2,1H3. The normalized spacial score (nSPS) is 17.2. The number of hydrogen-bond acceptors (Lipinski definition) is 1. The van der Waals surface area contributed by atoms with Crippen LogP contribution in [0.15, 0.2) is 103 Å². The van der Waals surface area contributed by atoms with Crippen LogP contribution < -0.4 is 0 Å². The van der Waals surface area contributed by atoms with Gasteiger partial charge in [0, 0.05) is 20.2 Å². The Labute approximate surface area is 203 Å². The van der Waals surface area contributed by atoms with Crippen molar-refractivity contribution in [3.8, 4) is 22.3 Å². The molecule has 0 aliphatic heterocycles. The number of thiophene rings is 1. The van der Waals surface area contributed by atoms with Gasteiger partial charge in [-0.1, -0.05) is 91.9 Å². The SMILES string of the molecule is CCc1cccc2c1C1(c3ccccc3-c3cc4sc5ccccc5c4cc31)c1ccccc1-2. The molecule has 2 aliphatic carbocycles. The van der Waals surface area contributed by atoms with Crippen LogP contribution in [0.5, 0.6) is 0 Å². The molecule has 5 aromatic carbocycles. The summed E-state index contributed by atoms with van der Waals surface area (Å²) in [6, 6.07) is 39.0. The first-order chi connectivity index (χ1) is 16.8. The van der Waals surface area contributed by atoms with Crippen molar-refractivity contribution in [2.45, 2.75) is 18.8 Å². The first-order valence-corrected chi connectivity index (χ1v) is 12.9. The largest absolute Gasteiger partial charge is 0.135 e. The van der Waals surface area contributed by atoms with Gasteiger partial charge in [-0.15, -0.1) is 11.3 Å². The molecule has 1 heterocycles. The molecule has 0 radical (unpaired) electrons. The molecular weight excluding hydrogens is 428 g/mol. The lowest BCUT2D eigenvalue weighted by Crippen LogP contribution is -2.27. The zero-order chi connectivity index (χ0) is 22.4. The van der Waals surface area contributed by atoms with E-state index in [4.69, 9.17) is 0 Å². The van der Waals surface area contributed by atoms with Crippen LogP contribution in [0.2, 0.25) is 0 Å². The highest BCUT2D eigenvalue weighted by Crippen LogP contribution is 2.64. The van der Waals surface area contributed by atoms with Crippen LogP contribution >= 0.6 is 11.3 Å². The van der Waals surface area contributed by atoms with Crippen LogP contribution in [0.4, 0.5) is 0 Å². The number of aryl methyl sites for hydroxylation is 1. The van der Waals surface area contributed by atoms with Crippen LogP contribution in [-0.2, 0) is 11.8 Å². The van der Waals surface area contributed by atoms with Gasteiger partial charge in [-0.2, -0.15) is 0 Å². The van der Waals surface area contributed by atoms with E-state index in [1.54, 1.807) is 0 Å². The number of hydrogen-bond donors (Lipinski definition) is 0. The van der Waals surface area contributed by atoms with Crippen molar-refractivity contribution < 1.29 is 0 Å². The van der Waals surface area contributed by atoms with Crippen LogP contribution in [0, 0.1) is 0 Å². The second-order valence-electron chi connectivity index (χ2n) is 9.53. The summed E-state index contributed by atoms with van der Waals surface area (Å²) in [5.41, 5.74) is 12.5. The lowest BCUT2D eigenvalue weighted by molar-refractivity contribution is 0.780. The predicted octanol–water partition coefficient (Wildman–Crippen LogP) is 8.96. The second-order valence-corrected chi connectivity index (χ2v) is 10.6. The van der Waals surface area contributed by atoms with E-state index in [2.05, 4.69) is 110 Å². The molecule has 1 spiro atoms. The molecule has 0 amide bonds. The van der Waals surface area contributed by atoms with Crippen molar-refractivity contribution in [3.63, 3.8) is 0 Å². The van der Waals surface area contributed by atoms with E-state index in [0.29, 0.717) is 0 Å². The molecule has 0 fully saturated rings. The summed E-state index contributed by atoms with van der Waals surface area (Å²) in [7, 11) is 0. The fourth-order valence-corrected chi connectivity index (χ4v) is 7.92. The van der Waals surface area contributed by atoms with Crippen molar-refractivity contribution in [1.29, 1.82) is 0 Å². The Morgan fingerprint density at radius 1 is 0.559 bits per heavy atom. The maximum absolute atomic E-state index is 2.53. The van der Waals surface area contributed by atoms with Gasteiger partial charge in [-0.3, -0.25) is 0 Å². The van der Waals surface area contributed by atoms with E-state index in [-0.39, 0.29) is 5.41 Å². The molecule has 1 heteroatoms. The molecule has 0 saturated heterocycles. The molecule has 1 aromatic heterocycles. The highest BCUT2D eigenvalue weighted by Gasteiger charge is 2.52. The average molecular weight is 451 g/mol. The molecule has 34 heavy (non-hydrogen) atoms. The third-order valence-electron chi connectivity index (χ3n) is 8.07. The molecule has 2 aliphatic rings. The maximum Gasteiger partial charge on any atom is 0.0728 e. The first-order valence-electron chi connectivity index (χ1n) is 12.1. The minimum atomic E-state index is -0.262. The summed E-state index contributed by atoms with van der Waals surface area (Å²) in [5, 5.41) is 2.75. The molecule has 1 unspecified atom stereocenters. The van der Waals surface area contributed by atoms with Crippen molar-refractivity contribution in [3.05, 3.63) is 131 Å². The smallest absolute Gasteiger partial charge is 0.0728 e. The van der Waals surface area contributed by atoms with Gasteiger partial charge in [-0.25, -0.2) is 0 Å². The van der Waals surface area contributed by atoms with Crippen molar-refractivity contribution in [1.82, 2.24) is 0 Å². The van der Waals surface area contributed by atoms with Crippen LogP contribution in [0.1, 0.15) is 34.7 Å². The van der Waals surface area contributed by atoms with Gasteiger partial charge in [0.15, 0.2) is 0 Å². The van der Waals surface area contributed by atoms with E-state index in [9.17, 15) is 0 Å². The monoisotopic (exact) mass is 450 g/mol. The Morgan fingerprint density at radius 2 is 1.24 bits per heavy atom. The molecule has 6 aromatic rings. The van der Waals surface area contributed by atoms with Crippen molar-refractivity contribution >= 4 is 31.5 Å². The summed E-state index contributed by atoms with van der Waals surface area (Å²) in [5.74, 6) is 0.